The molecular weight excluding hydrogens is 120 g/mol. The van der Waals surface area contributed by atoms with Gasteiger partial charge in [-0.05, 0) is 34.1 Å². The Bertz CT molecular complexity index is 155. The number of hydrogen-bond donors (Lipinski definition) is 0. The molecule has 0 aliphatic carbocycles. The third-order valence-electron chi connectivity index (χ3n) is 1.71. The van der Waals surface area contributed by atoms with Crippen LogP contribution in [0.15, 0.2) is 22.8 Å². The predicted molar refractivity (Wildman–Crippen MR) is 48.1 cm³/mol. The van der Waals surface area contributed by atoms with Crippen LogP contribution in [0.3, 0.4) is 0 Å². The van der Waals surface area contributed by atoms with Crippen LogP contribution in [0.25, 0.3) is 0 Å². The fourth-order valence-corrected chi connectivity index (χ4v) is 0.835. The van der Waals surface area contributed by atoms with Crippen LogP contribution in [0.1, 0.15) is 41.0 Å². The molecule has 0 saturated carbocycles. The van der Waals surface area contributed by atoms with Crippen molar-refractivity contribution in [1.82, 2.24) is 0 Å². The molecule has 0 fully saturated rings. The Morgan fingerprint density at radius 3 is 1.90 bits per heavy atom. The first kappa shape index (κ1) is 9.48. The maximum atomic E-state index is 2.23. The van der Waals surface area contributed by atoms with E-state index in [2.05, 4.69) is 40.7 Å². The van der Waals surface area contributed by atoms with Crippen molar-refractivity contribution in [3.05, 3.63) is 22.8 Å². The molecule has 0 aromatic rings. The van der Waals surface area contributed by atoms with E-state index < -0.39 is 0 Å². The quantitative estimate of drug-likeness (QED) is 0.510. The molecule has 0 aromatic carbocycles. The maximum absolute atomic E-state index is 2.23. The van der Waals surface area contributed by atoms with Crippen LogP contribution in [0.5, 0.6) is 0 Å². The van der Waals surface area contributed by atoms with E-state index in [4.69, 9.17) is 0 Å². The second-order valence-corrected chi connectivity index (χ2v) is 3.04. The molecule has 0 rings (SSSR count). The van der Waals surface area contributed by atoms with Crippen LogP contribution in [0.2, 0.25) is 0 Å². The highest BCUT2D eigenvalue weighted by molar-refractivity contribution is 5.24. The Morgan fingerprint density at radius 1 is 1.10 bits per heavy atom. The fraction of sp³-hybridized carbons (Fsp3) is 0.600. The van der Waals surface area contributed by atoms with Crippen molar-refractivity contribution in [3.63, 3.8) is 0 Å². The van der Waals surface area contributed by atoms with Crippen molar-refractivity contribution in [2.24, 2.45) is 0 Å². The lowest BCUT2D eigenvalue weighted by Crippen LogP contribution is -1.78. The molecule has 0 heterocycles. The molecule has 0 aliphatic heterocycles. The molecule has 10 heavy (non-hydrogen) atoms. The molecule has 58 valence electrons. The molecule has 0 aliphatic rings. The third-order valence-corrected chi connectivity index (χ3v) is 1.71. The zero-order valence-corrected chi connectivity index (χ0v) is 7.78. The summed E-state index contributed by atoms with van der Waals surface area (Å²) < 4.78 is 0. The first-order valence-electron chi connectivity index (χ1n) is 3.89. The van der Waals surface area contributed by atoms with E-state index in [0.717, 1.165) is 6.42 Å². The number of allylic oxidation sites excluding steroid dienone is 4. The van der Waals surface area contributed by atoms with Crippen molar-refractivity contribution in [3.8, 4) is 0 Å². The van der Waals surface area contributed by atoms with Gasteiger partial charge in [-0.15, -0.1) is 0 Å². The molecule has 0 amide bonds. The Labute approximate surface area is 64.6 Å². The van der Waals surface area contributed by atoms with Crippen molar-refractivity contribution in [2.45, 2.75) is 41.0 Å². The van der Waals surface area contributed by atoms with Gasteiger partial charge in [0.2, 0.25) is 0 Å². The minimum Gasteiger partial charge on any atom is -0.0762 e. The molecule has 0 atom stereocenters. The summed E-state index contributed by atoms with van der Waals surface area (Å²) in [6.07, 6.45) is 3.40. The molecule has 0 heteroatoms. The second-order valence-electron chi connectivity index (χ2n) is 3.04. The summed E-state index contributed by atoms with van der Waals surface area (Å²) >= 11 is 0. The molecule has 0 unspecified atom stereocenters. The standard InChI is InChI=1S/C10H18/c1-6-9(4)10(5)7-8(2)3/h7H,6H2,1-5H3/b10-9+. The molecule has 0 bridgehead atoms. The number of hydrogen-bond acceptors (Lipinski definition) is 0. The van der Waals surface area contributed by atoms with Gasteiger partial charge in [0.15, 0.2) is 0 Å². The summed E-state index contributed by atoms with van der Waals surface area (Å²) in [5, 5.41) is 0. The van der Waals surface area contributed by atoms with Gasteiger partial charge < -0.3 is 0 Å². The minimum absolute atomic E-state index is 1.16. The van der Waals surface area contributed by atoms with Gasteiger partial charge in [-0.3, -0.25) is 0 Å². The van der Waals surface area contributed by atoms with Crippen LogP contribution >= 0.6 is 0 Å². The summed E-state index contributed by atoms with van der Waals surface area (Å²) in [7, 11) is 0. The van der Waals surface area contributed by atoms with Crippen molar-refractivity contribution in [2.75, 3.05) is 0 Å². The lowest BCUT2D eigenvalue weighted by molar-refractivity contribution is 1.07. The Kier molecular flexibility index (Phi) is 4.10. The predicted octanol–water partition coefficient (Wildman–Crippen LogP) is 3.70. The Morgan fingerprint density at radius 2 is 1.60 bits per heavy atom. The van der Waals surface area contributed by atoms with Gasteiger partial charge in [0.25, 0.3) is 0 Å². The van der Waals surface area contributed by atoms with Crippen LogP contribution in [-0.2, 0) is 0 Å². The smallest absolute Gasteiger partial charge is 0.0346 e. The van der Waals surface area contributed by atoms with Gasteiger partial charge in [-0.2, -0.15) is 0 Å². The van der Waals surface area contributed by atoms with Gasteiger partial charge in [-0.1, -0.05) is 29.7 Å². The highest BCUT2D eigenvalue weighted by atomic mass is 14.0. The van der Waals surface area contributed by atoms with Gasteiger partial charge >= 0.3 is 0 Å². The summed E-state index contributed by atoms with van der Waals surface area (Å²) in [5.41, 5.74) is 4.29. The summed E-state index contributed by atoms with van der Waals surface area (Å²) in [6.45, 7) is 10.8. The monoisotopic (exact) mass is 138 g/mol. The molecule has 0 aromatic heterocycles. The normalized spacial score (nSPS) is 12.5. The van der Waals surface area contributed by atoms with E-state index in [9.17, 15) is 0 Å². The van der Waals surface area contributed by atoms with Crippen molar-refractivity contribution >= 4 is 0 Å². The third kappa shape index (κ3) is 3.49. The summed E-state index contributed by atoms with van der Waals surface area (Å²) in [4.78, 5) is 0. The molecule has 0 spiro atoms. The molecule has 0 saturated heterocycles. The second kappa shape index (κ2) is 4.32. The Hall–Kier alpha value is -0.520. The Balaban J connectivity index is 4.33. The largest absolute Gasteiger partial charge is 0.0762 e. The molecule has 0 nitrogen and oxygen atoms in total. The van der Waals surface area contributed by atoms with Gasteiger partial charge in [0, 0.05) is 0 Å². The maximum Gasteiger partial charge on any atom is -0.0346 e. The molecule has 0 N–H and O–H groups in total. The van der Waals surface area contributed by atoms with E-state index in [-0.39, 0.29) is 0 Å². The lowest BCUT2D eigenvalue weighted by Gasteiger charge is -1.99. The number of rotatable bonds is 2. The van der Waals surface area contributed by atoms with Crippen LogP contribution in [0, 0.1) is 0 Å². The van der Waals surface area contributed by atoms with Crippen molar-refractivity contribution in [1.29, 1.82) is 0 Å². The summed E-state index contributed by atoms with van der Waals surface area (Å²) in [6, 6.07) is 0. The zero-order valence-electron chi connectivity index (χ0n) is 7.78. The first-order valence-corrected chi connectivity index (χ1v) is 3.89. The van der Waals surface area contributed by atoms with Crippen molar-refractivity contribution < 1.29 is 0 Å². The van der Waals surface area contributed by atoms with E-state index in [0.29, 0.717) is 0 Å². The van der Waals surface area contributed by atoms with Crippen LogP contribution < -0.4 is 0 Å². The highest BCUT2D eigenvalue weighted by Gasteiger charge is 1.89. The lowest BCUT2D eigenvalue weighted by atomic mass is 10.1. The van der Waals surface area contributed by atoms with Crippen LogP contribution in [-0.4, -0.2) is 0 Å². The highest BCUT2D eigenvalue weighted by Crippen LogP contribution is 2.09. The topological polar surface area (TPSA) is 0 Å². The fourth-order valence-electron chi connectivity index (χ4n) is 0.835. The van der Waals surface area contributed by atoms with E-state index in [1.807, 2.05) is 0 Å². The van der Waals surface area contributed by atoms with Crippen LogP contribution in [0.4, 0.5) is 0 Å². The van der Waals surface area contributed by atoms with E-state index in [1.165, 1.54) is 16.7 Å². The first-order chi connectivity index (χ1) is 4.57. The zero-order chi connectivity index (χ0) is 8.15. The summed E-state index contributed by atoms with van der Waals surface area (Å²) in [5.74, 6) is 0. The van der Waals surface area contributed by atoms with Gasteiger partial charge in [-0.25, -0.2) is 0 Å². The van der Waals surface area contributed by atoms with Gasteiger partial charge in [0.1, 0.15) is 0 Å². The SMILES string of the molecule is CC/C(C)=C(\C)C=C(C)C. The molecular formula is C10H18. The van der Waals surface area contributed by atoms with E-state index in [1.54, 1.807) is 0 Å². The van der Waals surface area contributed by atoms with Gasteiger partial charge in [0.05, 0.1) is 0 Å². The average molecular weight is 138 g/mol. The van der Waals surface area contributed by atoms with E-state index >= 15 is 0 Å². The average Bonchev–Trinajstić information content (AvgIpc) is 1.85. The molecule has 0 radical (unpaired) electrons. The minimum atomic E-state index is 1.16.